The minimum atomic E-state index is -4.43. The molecule has 4 aromatic rings. The van der Waals surface area contributed by atoms with E-state index in [1.165, 1.54) is 12.1 Å². The van der Waals surface area contributed by atoms with Crippen LogP contribution < -0.4 is 10.1 Å². The molecule has 0 unspecified atom stereocenters. The summed E-state index contributed by atoms with van der Waals surface area (Å²) in [4.78, 5) is 3.92. The van der Waals surface area contributed by atoms with E-state index in [9.17, 15) is 13.2 Å². The summed E-state index contributed by atoms with van der Waals surface area (Å²) in [6.45, 7) is 0. The summed E-state index contributed by atoms with van der Waals surface area (Å²) in [5.41, 5.74) is 0.0554. The average molecular weight is 398 g/mol. The Morgan fingerprint density at radius 3 is 2.31 bits per heavy atom. The highest BCUT2D eigenvalue weighted by Gasteiger charge is 2.30. The van der Waals surface area contributed by atoms with Gasteiger partial charge in [-0.3, -0.25) is 4.98 Å². The maximum absolute atomic E-state index is 12.8. The van der Waals surface area contributed by atoms with Crippen LogP contribution in [0.4, 0.5) is 24.9 Å². The van der Waals surface area contributed by atoms with Crippen LogP contribution in [0.2, 0.25) is 0 Å². The summed E-state index contributed by atoms with van der Waals surface area (Å²) >= 11 is 0. The number of anilines is 2. The zero-order chi connectivity index (χ0) is 20.3. The molecule has 0 atom stereocenters. The minimum Gasteiger partial charge on any atom is -0.457 e. The lowest BCUT2D eigenvalue weighted by Gasteiger charge is -2.08. The number of aromatic nitrogens is 3. The van der Waals surface area contributed by atoms with Gasteiger partial charge in [-0.2, -0.15) is 13.2 Å². The Labute approximate surface area is 163 Å². The second kappa shape index (κ2) is 7.63. The molecule has 2 heterocycles. The molecule has 6 nitrogen and oxygen atoms in total. The Bertz CT molecular complexity index is 1100. The molecule has 9 heteroatoms. The van der Waals surface area contributed by atoms with Gasteiger partial charge in [-0.05, 0) is 54.6 Å². The zero-order valence-corrected chi connectivity index (χ0v) is 14.7. The lowest BCUT2D eigenvalue weighted by atomic mass is 10.2. The van der Waals surface area contributed by atoms with E-state index in [0.717, 1.165) is 12.1 Å². The number of hydrogen-bond acceptors (Lipinski definition) is 6. The number of alkyl halides is 3. The third-order valence-corrected chi connectivity index (χ3v) is 3.85. The number of ether oxygens (including phenoxy) is 1. The molecule has 0 spiro atoms. The fraction of sp³-hybridized carbons (Fsp3) is 0.0500. The molecular weight excluding hydrogens is 385 g/mol. The third kappa shape index (κ3) is 4.52. The SMILES string of the molecule is FC(F)(F)c1cccc(Nc2nnc(-c3ccc(Oc4ccncc4)cc3)o2)c1. The summed E-state index contributed by atoms with van der Waals surface area (Å²) in [5.74, 6) is 1.48. The highest BCUT2D eigenvalue weighted by Crippen LogP contribution is 2.32. The van der Waals surface area contributed by atoms with Crippen LogP contribution in [0.25, 0.3) is 11.5 Å². The molecule has 0 fully saturated rings. The highest BCUT2D eigenvalue weighted by atomic mass is 19.4. The standard InChI is InChI=1S/C20H13F3N4O2/c21-20(22,23)14-2-1-3-15(12-14)25-19-27-26-18(29-19)13-4-6-16(7-5-13)28-17-8-10-24-11-9-17/h1-12H,(H,25,27). The quantitative estimate of drug-likeness (QED) is 0.466. The maximum atomic E-state index is 12.8. The summed E-state index contributed by atoms with van der Waals surface area (Å²) in [5, 5.41) is 10.4. The monoisotopic (exact) mass is 398 g/mol. The molecule has 2 aromatic heterocycles. The smallest absolute Gasteiger partial charge is 0.416 e. The van der Waals surface area contributed by atoms with Crippen LogP contribution in [0, 0.1) is 0 Å². The van der Waals surface area contributed by atoms with Crippen LogP contribution in [-0.4, -0.2) is 15.2 Å². The van der Waals surface area contributed by atoms with Crippen molar-refractivity contribution in [2.45, 2.75) is 6.18 Å². The van der Waals surface area contributed by atoms with E-state index in [4.69, 9.17) is 9.15 Å². The average Bonchev–Trinajstić information content (AvgIpc) is 3.17. The first-order chi connectivity index (χ1) is 14.0. The fourth-order valence-electron chi connectivity index (χ4n) is 2.50. The number of nitrogens with one attached hydrogen (secondary N) is 1. The Morgan fingerprint density at radius 1 is 0.862 bits per heavy atom. The molecule has 0 radical (unpaired) electrons. The number of halogens is 3. The predicted molar refractivity (Wildman–Crippen MR) is 98.8 cm³/mol. The largest absolute Gasteiger partial charge is 0.457 e. The van der Waals surface area contributed by atoms with Crippen LogP contribution in [-0.2, 0) is 6.18 Å². The van der Waals surface area contributed by atoms with Crippen molar-refractivity contribution < 1.29 is 22.3 Å². The number of nitrogens with zero attached hydrogens (tertiary/aromatic N) is 3. The first-order valence-corrected chi connectivity index (χ1v) is 8.43. The molecule has 1 N–H and O–H groups in total. The topological polar surface area (TPSA) is 73.1 Å². The molecule has 0 aliphatic heterocycles. The molecular formula is C20H13F3N4O2. The van der Waals surface area contributed by atoms with E-state index >= 15 is 0 Å². The molecule has 2 aromatic carbocycles. The number of benzene rings is 2. The number of pyridine rings is 1. The van der Waals surface area contributed by atoms with Gasteiger partial charge >= 0.3 is 12.2 Å². The molecule has 0 aliphatic carbocycles. The van der Waals surface area contributed by atoms with E-state index in [2.05, 4.69) is 20.5 Å². The molecule has 0 amide bonds. The normalized spacial score (nSPS) is 11.3. The molecule has 29 heavy (non-hydrogen) atoms. The Morgan fingerprint density at radius 2 is 1.59 bits per heavy atom. The van der Waals surface area contributed by atoms with Crippen LogP contribution >= 0.6 is 0 Å². The van der Waals surface area contributed by atoms with Crippen molar-refractivity contribution in [3.63, 3.8) is 0 Å². The first kappa shape index (κ1) is 18.5. The van der Waals surface area contributed by atoms with Gasteiger partial charge in [0, 0.05) is 23.6 Å². The van der Waals surface area contributed by atoms with Gasteiger partial charge in [0.25, 0.3) is 0 Å². The zero-order valence-electron chi connectivity index (χ0n) is 14.7. The highest BCUT2D eigenvalue weighted by molar-refractivity contribution is 5.58. The van der Waals surface area contributed by atoms with Gasteiger partial charge in [0.15, 0.2) is 0 Å². The van der Waals surface area contributed by atoms with Gasteiger partial charge in [0.2, 0.25) is 5.89 Å². The fourth-order valence-corrected chi connectivity index (χ4v) is 2.50. The number of hydrogen-bond donors (Lipinski definition) is 1. The lowest BCUT2D eigenvalue weighted by Crippen LogP contribution is -2.05. The molecule has 0 aliphatic rings. The van der Waals surface area contributed by atoms with E-state index in [1.807, 2.05) is 0 Å². The second-order valence-electron chi connectivity index (χ2n) is 5.93. The van der Waals surface area contributed by atoms with Gasteiger partial charge in [0.05, 0.1) is 5.56 Å². The molecule has 0 saturated heterocycles. The van der Waals surface area contributed by atoms with Gasteiger partial charge in [-0.1, -0.05) is 11.2 Å². The van der Waals surface area contributed by atoms with E-state index < -0.39 is 11.7 Å². The molecule has 146 valence electrons. The Hall–Kier alpha value is -3.88. The summed E-state index contributed by atoms with van der Waals surface area (Å²) in [7, 11) is 0. The van der Waals surface area contributed by atoms with Crippen LogP contribution in [0.1, 0.15) is 5.56 Å². The van der Waals surface area contributed by atoms with Crippen molar-refractivity contribution in [2.24, 2.45) is 0 Å². The van der Waals surface area contributed by atoms with Crippen molar-refractivity contribution in [2.75, 3.05) is 5.32 Å². The van der Waals surface area contributed by atoms with Crippen LogP contribution in [0.3, 0.4) is 0 Å². The predicted octanol–water partition coefficient (Wildman–Crippen LogP) is 5.69. The first-order valence-electron chi connectivity index (χ1n) is 8.43. The van der Waals surface area contributed by atoms with Crippen LogP contribution in [0.15, 0.2) is 77.5 Å². The van der Waals surface area contributed by atoms with E-state index in [0.29, 0.717) is 17.1 Å². The summed E-state index contributed by atoms with van der Waals surface area (Å²) < 4.78 is 49.6. The number of rotatable bonds is 5. The lowest BCUT2D eigenvalue weighted by molar-refractivity contribution is -0.137. The van der Waals surface area contributed by atoms with Crippen molar-refractivity contribution in [3.05, 3.63) is 78.6 Å². The molecule has 0 bridgehead atoms. The summed E-state index contributed by atoms with van der Waals surface area (Å²) in [6, 6.07) is 15.1. The minimum absolute atomic E-state index is 0.0172. The van der Waals surface area contributed by atoms with Crippen molar-refractivity contribution >= 4 is 11.7 Å². The van der Waals surface area contributed by atoms with Crippen molar-refractivity contribution in [1.29, 1.82) is 0 Å². The van der Waals surface area contributed by atoms with Crippen molar-refractivity contribution in [1.82, 2.24) is 15.2 Å². The van der Waals surface area contributed by atoms with Gasteiger partial charge in [-0.25, -0.2) is 0 Å². The maximum Gasteiger partial charge on any atom is 0.416 e. The van der Waals surface area contributed by atoms with Crippen LogP contribution in [0.5, 0.6) is 11.5 Å². The van der Waals surface area contributed by atoms with Crippen molar-refractivity contribution in [3.8, 4) is 23.0 Å². The van der Waals surface area contributed by atoms with Gasteiger partial charge in [0.1, 0.15) is 11.5 Å². The van der Waals surface area contributed by atoms with E-state index in [-0.39, 0.29) is 17.6 Å². The second-order valence-corrected chi connectivity index (χ2v) is 5.93. The van der Waals surface area contributed by atoms with Gasteiger partial charge < -0.3 is 14.5 Å². The summed E-state index contributed by atoms with van der Waals surface area (Å²) in [6.07, 6.45) is -1.18. The molecule has 0 saturated carbocycles. The van der Waals surface area contributed by atoms with Gasteiger partial charge in [-0.15, -0.1) is 5.10 Å². The van der Waals surface area contributed by atoms with E-state index in [1.54, 1.807) is 48.8 Å². The Kier molecular flexibility index (Phi) is 4.86. The third-order valence-electron chi connectivity index (χ3n) is 3.85. The molecule has 4 rings (SSSR count). The Balaban J connectivity index is 1.46.